The molecule has 1 aromatic rings. The van der Waals surface area contributed by atoms with E-state index in [1.807, 2.05) is 32.9 Å². The van der Waals surface area contributed by atoms with Gasteiger partial charge in [-0.15, -0.1) is 0 Å². The van der Waals surface area contributed by atoms with Crippen LogP contribution in [-0.2, 0) is 9.59 Å². The lowest BCUT2D eigenvalue weighted by atomic mass is 10.1. The van der Waals surface area contributed by atoms with Gasteiger partial charge < -0.3 is 10.6 Å². The lowest BCUT2D eigenvalue weighted by Crippen LogP contribution is -2.45. The minimum Gasteiger partial charge on any atom is -0.350 e. The van der Waals surface area contributed by atoms with E-state index in [1.54, 1.807) is 12.1 Å². The average molecular weight is 416 g/mol. The molecular weight excluding hydrogens is 395 g/mol. The average Bonchev–Trinajstić information content (AvgIpc) is 2.41. The summed E-state index contributed by atoms with van der Waals surface area (Å²) < 4.78 is 1.05. The highest BCUT2D eigenvalue weighted by Gasteiger charge is 2.14. The van der Waals surface area contributed by atoms with Crippen molar-refractivity contribution in [2.45, 2.75) is 39.2 Å². The summed E-state index contributed by atoms with van der Waals surface area (Å²) in [4.78, 5) is 35.1. The number of rotatable bonds is 6. The minimum absolute atomic E-state index is 0.0756. The lowest BCUT2D eigenvalue weighted by Gasteiger charge is -2.20. The number of amides is 2. The van der Waals surface area contributed by atoms with Crippen LogP contribution in [0.1, 0.15) is 44.0 Å². The van der Waals surface area contributed by atoms with Gasteiger partial charge in [0.1, 0.15) is 0 Å². The van der Waals surface area contributed by atoms with Crippen LogP contribution in [0.2, 0.25) is 0 Å². The number of ketones is 1. The molecule has 0 fully saturated rings. The van der Waals surface area contributed by atoms with E-state index in [4.69, 9.17) is 0 Å². The van der Waals surface area contributed by atoms with Crippen LogP contribution in [0.25, 0.3) is 0 Å². The lowest BCUT2D eigenvalue weighted by molar-refractivity contribution is -0.126. The number of hydrogen-bond donors (Lipinski definition) is 2. The number of carbonyl (C=O) groups is 3. The molecule has 0 unspecified atom stereocenters. The van der Waals surface area contributed by atoms with Gasteiger partial charge in [-0.3, -0.25) is 14.4 Å². The van der Waals surface area contributed by atoms with Crippen LogP contribution < -0.4 is 10.6 Å². The number of halogens is 1. The van der Waals surface area contributed by atoms with Gasteiger partial charge in [-0.25, -0.2) is 0 Å². The monoisotopic (exact) mass is 416 g/mol. The molecule has 1 aromatic carbocycles. The number of Topliss-reactive ketones (excluding diaryl/α,β-unsaturated/α-hetero) is 1. The molecule has 0 spiro atoms. The minimum atomic E-state index is -0.331. The predicted molar refractivity (Wildman–Crippen MR) is 93.6 cm³/mol. The van der Waals surface area contributed by atoms with E-state index < -0.39 is 0 Å². The van der Waals surface area contributed by atoms with Gasteiger partial charge in [-0.2, -0.15) is 0 Å². The van der Waals surface area contributed by atoms with Crippen LogP contribution in [0.4, 0.5) is 0 Å². The van der Waals surface area contributed by atoms with E-state index in [1.165, 1.54) is 0 Å². The first-order chi connectivity index (χ1) is 10.2. The smallest absolute Gasteiger partial charge is 0.239 e. The zero-order valence-electron chi connectivity index (χ0n) is 13.0. The molecule has 0 heterocycles. The Morgan fingerprint density at radius 1 is 1.00 bits per heavy atom. The summed E-state index contributed by atoms with van der Waals surface area (Å²) in [6, 6.07) is 7.20. The molecule has 0 atom stereocenters. The third-order valence-electron chi connectivity index (χ3n) is 2.71. The normalized spacial score (nSPS) is 10.9. The Hall–Kier alpha value is -1.44. The van der Waals surface area contributed by atoms with Crippen molar-refractivity contribution in [1.82, 2.24) is 10.6 Å². The van der Waals surface area contributed by atoms with Crippen molar-refractivity contribution < 1.29 is 14.4 Å². The second kappa shape index (κ2) is 8.26. The first-order valence-corrected chi connectivity index (χ1v) is 8.12. The molecule has 0 saturated carbocycles. The second-order valence-corrected chi connectivity index (χ2v) is 7.25. The first-order valence-electron chi connectivity index (χ1n) is 7.04. The molecule has 0 aromatic heterocycles. The van der Waals surface area contributed by atoms with Crippen LogP contribution in [-0.4, -0.2) is 29.7 Å². The Balaban J connectivity index is 2.32. The van der Waals surface area contributed by atoms with E-state index in [9.17, 15) is 14.4 Å². The summed E-state index contributed by atoms with van der Waals surface area (Å²) in [5.41, 5.74) is 0.265. The molecule has 0 aliphatic carbocycles. The van der Waals surface area contributed by atoms with E-state index in [0.29, 0.717) is 5.56 Å². The molecule has 2 amide bonds. The Labute approximate surface area is 144 Å². The van der Waals surface area contributed by atoms with Crippen molar-refractivity contribution in [3.8, 4) is 0 Å². The van der Waals surface area contributed by atoms with Crippen molar-refractivity contribution in [3.05, 3.63) is 33.4 Å². The molecule has 0 radical (unpaired) electrons. The number of hydrogen-bond acceptors (Lipinski definition) is 3. The van der Waals surface area contributed by atoms with E-state index in [2.05, 4.69) is 33.2 Å². The maximum atomic E-state index is 11.9. The van der Waals surface area contributed by atoms with Crippen LogP contribution >= 0.6 is 22.6 Å². The van der Waals surface area contributed by atoms with Gasteiger partial charge in [0.25, 0.3) is 0 Å². The number of nitrogens with one attached hydrogen (secondary N) is 2. The van der Waals surface area contributed by atoms with Crippen molar-refractivity contribution in [2.24, 2.45) is 0 Å². The molecular formula is C16H21IN2O3. The molecule has 0 aliphatic heterocycles. The molecule has 1 rings (SSSR count). The zero-order valence-corrected chi connectivity index (χ0v) is 15.2. The van der Waals surface area contributed by atoms with Gasteiger partial charge in [0, 0.05) is 27.5 Å². The second-order valence-electron chi connectivity index (χ2n) is 6.00. The number of carbonyl (C=O) groups excluding carboxylic acids is 3. The van der Waals surface area contributed by atoms with Crippen LogP contribution in [0.3, 0.4) is 0 Å². The highest BCUT2D eigenvalue weighted by atomic mass is 127. The van der Waals surface area contributed by atoms with E-state index in [0.717, 1.165) is 3.57 Å². The van der Waals surface area contributed by atoms with Gasteiger partial charge in [-0.1, -0.05) is 12.1 Å². The van der Waals surface area contributed by atoms with E-state index in [-0.39, 0.29) is 42.5 Å². The summed E-state index contributed by atoms with van der Waals surface area (Å²) in [7, 11) is 0. The Kier molecular flexibility index (Phi) is 6.99. The van der Waals surface area contributed by atoms with Gasteiger partial charge >= 0.3 is 0 Å². The fraction of sp³-hybridized carbons (Fsp3) is 0.438. The fourth-order valence-electron chi connectivity index (χ4n) is 1.74. The van der Waals surface area contributed by atoms with Crippen molar-refractivity contribution in [2.75, 3.05) is 6.54 Å². The summed E-state index contributed by atoms with van der Waals surface area (Å²) in [6.07, 6.45) is 0.209. The highest BCUT2D eigenvalue weighted by molar-refractivity contribution is 14.1. The molecule has 22 heavy (non-hydrogen) atoms. The first kappa shape index (κ1) is 18.6. The summed E-state index contributed by atoms with van der Waals surface area (Å²) in [5.74, 6) is -0.626. The number of benzene rings is 1. The van der Waals surface area contributed by atoms with Gasteiger partial charge in [-0.05, 0) is 55.5 Å². The van der Waals surface area contributed by atoms with Crippen LogP contribution in [0.15, 0.2) is 24.3 Å². The SMILES string of the molecule is CC(C)(C)NC(=O)CNC(=O)CCC(=O)c1ccc(I)cc1. The summed E-state index contributed by atoms with van der Waals surface area (Å²) in [5, 5.41) is 5.27. The van der Waals surface area contributed by atoms with Gasteiger partial charge in [0.15, 0.2) is 5.78 Å². The van der Waals surface area contributed by atoms with Gasteiger partial charge in [0.2, 0.25) is 11.8 Å². The zero-order chi connectivity index (χ0) is 16.8. The molecule has 2 N–H and O–H groups in total. The molecule has 0 bridgehead atoms. The Morgan fingerprint density at radius 2 is 1.59 bits per heavy atom. The molecule has 0 aliphatic rings. The predicted octanol–water partition coefficient (Wildman–Crippen LogP) is 2.28. The Morgan fingerprint density at radius 3 is 2.14 bits per heavy atom. The van der Waals surface area contributed by atoms with Crippen molar-refractivity contribution in [3.63, 3.8) is 0 Å². The molecule has 0 saturated heterocycles. The fourth-order valence-corrected chi connectivity index (χ4v) is 2.10. The maximum absolute atomic E-state index is 11.9. The Bertz CT molecular complexity index is 548. The third kappa shape index (κ3) is 7.53. The van der Waals surface area contributed by atoms with Gasteiger partial charge in [0.05, 0.1) is 6.54 Å². The van der Waals surface area contributed by atoms with Crippen LogP contribution in [0.5, 0.6) is 0 Å². The molecule has 6 heteroatoms. The summed E-state index contributed by atoms with van der Waals surface area (Å²) >= 11 is 2.16. The standard InChI is InChI=1S/C16H21IN2O3/c1-16(2,3)19-15(22)10-18-14(21)9-8-13(20)11-4-6-12(17)7-5-11/h4-7H,8-10H2,1-3H3,(H,18,21)(H,19,22). The summed E-state index contributed by atoms with van der Waals surface area (Å²) in [6.45, 7) is 5.53. The van der Waals surface area contributed by atoms with Crippen LogP contribution in [0, 0.1) is 3.57 Å². The molecule has 5 nitrogen and oxygen atoms in total. The quantitative estimate of drug-likeness (QED) is 0.552. The van der Waals surface area contributed by atoms with Crippen molar-refractivity contribution in [1.29, 1.82) is 0 Å². The topological polar surface area (TPSA) is 75.3 Å². The third-order valence-corrected chi connectivity index (χ3v) is 3.43. The largest absolute Gasteiger partial charge is 0.350 e. The maximum Gasteiger partial charge on any atom is 0.239 e. The van der Waals surface area contributed by atoms with E-state index >= 15 is 0 Å². The highest BCUT2D eigenvalue weighted by Crippen LogP contribution is 2.09. The van der Waals surface area contributed by atoms with Crippen molar-refractivity contribution >= 4 is 40.2 Å². The molecule has 120 valence electrons.